The number of ether oxygens (including phenoxy) is 1. The van der Waals surface area contributed by atoms with Gasteiger partial charge >= 0.3 is 5.97 Å². The number of phenolic OH excluding ortho intramolecular Hbond substituents is 1. The van der Waals surface area contributed by atoms with Crippen molar-refractivity contribution in [1.82, 2.24) is 0 Å². The first kappa shape index (κ1) is 20.8. The Balaban J connectivity index is 2.00. The summed E-state index contributed by atoms with van der Waals surface area (Å²) in [5.41, 5.74) is 1.84. The lowest BCUT2D eigenvalue weighted by Crippen LogP contribution is -2.46. The Morgan fingerprint density at radius 1 is 1.29 bits per heavy atom. The predicted octanol–water partition coefficient (Wildman–Crippen LogP) is 5.93. The summed E-state index contributed by atoms with van der Waals surface area (Å²) in [4.78, 5) is 11.5. The Hall–Kier alpha value is -1.97. The third-order valence-electron chi connectivity index (χ3n) is 6.76. The summed E-state index contributed by atoms with van der Waals surface area (Å²) in [5, 5.41) is 20.4. The lowest BCUT2D eigenvalue weighted by atomic mass is 9.66. The third-order valence-corrected chi connectivity index (χ3v) is 6.76. The molecule has 2 unspecified atom stereocenters. The second-order valence-electron chi connectivity index (χ2n) is 9.64. The molecule has 1 heterocycles. The Bertz CT molecular complexity index is 788. The summed E-state index contributed by atoms with van der Waals surface area (Å²) in [6.07, 6.45) is 7.52. The molecular formula is C24H34O4. The Morgan fingerprint density at radius 2 is 2.00 bits per heavy atom. The first-order valence-electron chi connectivity index (χ1n) is 10.6. The van der Waals surface area contributed by atoms with Crippen LogP contribution in [0.25, 0.3) is 0 Å². The van der Waals surface area contributed by atoms with Crippen molar-refractivity contribution in [2.45, 2.75) is 90.1 Å². The van der Waals surface area contributed by atoms with Crippen LogP contribution in [0.4, 0.5) is 0 Å². The van der Waals surface area contributed by atoms with E-state index in [1.165, 1.54) is 12.8 Å². The molecule has 0 saturated heterocycles. The monoisotopic (exact) mass is 386 g/mol. The Labute approximate surface area is 168 Å². The molecule has 0 bridgehead atoms. The van der Waals surface area contributed by atoms with Gasteiger partial charge in [-0.15, -0.1) is 0 Å². The first-order chi connectivity index (χ1) is 13.1. The van der Waals surface area contributed by atoms with E-state index in [1.54, 1.807) is 0 Å². The summed E-state index contributed by atoms with van der Waals surface area (Å²) < 4.78 is 6.39. The van der Waals surface area contributed by atoms with Crippen LogP contribution in [0.2, 0.25) is 0 Å². The number of carboxylic acid groups (broad SMARTS) is 1. The van der Waals surface area contributed by atoms with E-state index in [2.05, 4.69) is 40.7 Å². The lowest BCUT2D eigenvalue weighted by Gasteiger charge is -2.47. The van der Waals surface area contributed by atoms with Crippen molar-refractivity contribution in [3.63, 3.8) is 0 Å². The molecule has 2 atom stereocenters. The van der Waals surface area contributed by atoms with E-state index in [4.69, 9.17) is 4.74 Å². The van der Waals surface area contributed by atoms with Crippen LogP contribution in [-0.2, 0) is 10.2 Å². The fourth-order valence-electron chi connectivity index (χ4n) is 4.92. The van der Waals surface area contributed by atoms with Crippen LogP contribution < -0.4 is 4.74 Å². The van der Waals surface area contributed by atoms with E-state index < -0.39 is 11.6 Å². The number of hydrogen-bond acceptors (Lipinski definition) is 3. The molecule has 28 heavy (non-hydrogen) atoms. The van der Waals surface area contributed by atoms with Gasteiger partial charge in [-0.3, -0.25) is 0 Å². The molecule has 1 aliphatic heterocycles. The third kappa shape index (κ3) is 3.78. The minimum absolute atomic E-state index is 0.0351. The highest BCUT2D eigenvalue weighted by atomic mass is 16.5. The topological polar surface area (TPSA) is 66.8 Å². The molecule has 3 rings (SSSR count). The van der Waals surface area contributed by atoms with Crippen LogP contribution in [0.15, 0.2) is 23.8 Å². The number of phenols is 1. The fourth-order valence-corrected chi connectivity index (χ4v) is 4.92. The molecule has 1 aliphatic carbocycles. The van der Waals surface area contributed by atoms with Crippen LogP contribution in [0.1, 0.15) is 90.2 Å². The largest absolute Gasteiger partial charge is 0.508 e. The van der Waals surface area contributed by atoms with E-state index in [0.717, 1.165) is 29.7 Å². The molecule has 1 aromatic rings. The van der Waals surface area contributed by atoms with Gasteiger partial charge < -0.3 is 14.9 Å². The predicted molar refractivity (Wildman–Crippen MR) is 111 cm³/mol. The normalized spacial score (nSPS) is 23.2. The number of allylic oxidation sites excluding steroid dienone is 1. The van der Waals surface area contributed by atoms with Crippen molar-refractivity contribution in [2.24, 2.45) is 5.92 Å². The van der Waals surface area contributed by atoms with Crippen LogP contribution in [0.3, 0.4) is 0 Å². The summed E-state index contributed by atoms with van der Waals surface area (Å²) in [7, 11) is 0. The van der Waals surface area contributed by atoms with Gasteiger partial charge in [0.25, 0.3) is 0 Å². The van der Waals surface area contributed by atoms with Gasteiger partial charge in [0.15, 0.2) is 0 Å². The van der Waals surface area contributed by atoms with E-state index in [1.807, 2.05) is 12.1 Å². The maximum atomic E-state index is 11.5. The zero-order valence-electron chi connectivity index (χ0n) is 17.8. The Morgan fingerprint density at radius 3 is 2.64 bits per heavy atom. The quantitative estimate of drug-likeness (QED) is 0.595. The zero-order valence-corrected chi connectivity index (χ0v) is 17.8. The molecular weight excluding hydrogens is 352 g/mol. The maximum Gasteiger partial charge on any atom is 0.331 e. The second kappa shape index (κ2) is 7.46. The minimum atomic E-state index is -0.863. The van der Waals surface area contributed by atoms with Gasteiger partial charge in [-0.1, -0.05) is 46.1 Å². The van der Waals surface area contributed by atoms with Crippen LogP contribution in [-0.4, -0.2) is 21.8 Å². The van der Waals surface area contributed by atoms with Gasteiger partial charge in [0.1, 0.15) is 17.1 Å². The number of benzene rings is 1. The summed E-state index contributed by atoms with van der Waals surface area (Å²) >= 11 is 0. The first-order valence-corrected chi connectivity index (χ1v) is 10.6. The van der Waals surface area contributed by atoms with Crippen LogP contribution >= 0.6 is 0 Å². The molecule has 4 nitrogen and oxygen atoms in total. The molecule has 0 aromatic heterocycles. The Kier molecular flexibility index (Phi) is 5.53. The van der Waals surface area contributed by atoms with Crippen molar-refractivity contribution < 1.29 is 19.7 Å². The van der Waals surface area contributed by atoms with E-state index in [-0.39, 0.29) is 23.0 Å². The summed E-state index contributed by atoms with van der Waals surface area (Å²) in [5.74, 6) is 0.214. The molecule has 0 saturated carbocycles. The molecule has 0 amide bonds. The standard InChI is InChI=1S/C24H34O4/c1-6-7-8-11-23(2,3)16-13-19(25)21-17-12-15(22(26)27)9-10-18(17)24(4,5)28-20(21)14-16/h9,13-14,17-18,25H,6-8,10-12H2,1-5H3,(H,26,27). The van der Waals surface area contributed by atoms with Gasteiger partial charge in [0.05, 0.1) is 0 Å². The van der Waals surface area contributed by atoms with Crippen molar-refractivity contribution in [2.75, 3.05) is 0 Å². The van der Waals surface area contributed by atoms with Crippen LogP contribution in [0, 0.1) is 5.92 Å². The molecule has 2 N–H and O–H groups in total. The smallest absolute Gasteiger partial charge is 0.331 e. The van der Waals surface area contributed by atoms with Gasteiger partial charge in [0.2, 0.25) is 0 Å². The van der Waals surface area contributed by atoms with Crippen molar-refractivity contribution in [3.05, 3.63) is 34.9 Å². The second-order valence-corrected chi connectivity index (χ2v) is 9.64. The number of aliphatic carboxylic acids is 1. The summed E-state index contributed by atoms with van der Waals surface area (Å²) in [6.45, 7) is 10.8. The number of carboxylic acids is 1. The van der Waals surface area contributed by atoms with E-state index >= 15 is 0 Å². The van der Waals surface area contributed by atoms with Gasteiger partial charge in [0, 0.05) is 23.0 Å². The number of fused-ring (bicyclic) bond motifs is 3. The fraction of sp³-hybridized carbons (Fsp3) is 0.625. The maximum absolute atomic E-state index is 11.5. The molecule has 4 heteroatoms. The molecule has 1 aromatic carbocycles. The molecule has 0 radical (unpaired) electrons. The van der Waals surface area contributed by atoms with Crippen molar-refractivity contribution in [1.29, 1.82) is 0 Å². The highest BCUT2D eigenvalue weighted by Crippen LogP contribution is 2.55. The van der Waals surface area contributed by atoms with E-state index in [0.29, 0.717) is 18.4 Å². The van der Waals surface area contributed by atoms with Gasteiger partial charge in [-0.2, -0.15) is 0 Å². The lowest BCUT2D eigenvalue weighted by molar-refractivity contribution is -0.133. The van der Waals surface area contributed by atoms with Crippen molar-refractivity contribution in [3.8, 4) is 11.5 Å². The average molecular weight is 387 g/mol. The molecule has 0 fully saturated rings. The van der Waals surface area contributed by atoms with Gasteiger partial charge in [-0.05, 0) is 56.2 Å². The SMILES string of the molecule is CCCCCC(C)(C)c1cc(O)c2c(c1)OC(C)(C)C1CC=C(C(=O)O)CC21. The summed E-state index contributed by atoms with van der Waals surface area (Å²) in [6, 6.07) is 3.96. The molecule has 2 aliphatic rings. The highest BCUT2D eigenvalue weighted by molar-refractivity contribution is 5.87. The van der Waals surface area contributed by atoms with Crippen LogP contribution in [0.5, 0.6) is 11.5 Å². The molecule has 154 valence electrons. The number of rotatable bonds is 6. The number of aromatic hydroxyl groups is 1. The highest BCUT2D eigenvalue weighted by Gasteiger charge is 2.47. The van der Waals surface area contributed by atoms with Gasteiger partial charge in [-0.25, -0.2) is 4.79 Å². The average Bonchev–Trinajstić information content (AvgIpc) is 2.60. The number of unbranched alkanes of at least 4 members (excludes halogenated alkanes) is 2. The molecule has 0 spiro atoms. The minimum Gasteiger partial charge on any atom is -0.508 e. The van der Waals surface area contributed by atoms with Crippen molar-refractivity contribution >= 4 is 5.97 Å². The zero-order chi connectivity index (χ0) is 20.7. The van der Waals surface area contributed by atoms with E-state index in [9.17, 15) is 15.0 Å². The number of carbonyl (C=O) groups is 1. The number of hydrogen-bond donors (Lipinski definition) is 2.